The van der Waals surface area contributed by atoms with Crippen LogP contribution in [0.5, 0.6) is 0 Å². The molecule has 1 aliphatic heterocycles. The molecule has 4 heteroatoms. The Hall–Kier alpha value is -1.29. The Morgan fingerprint density at radius 1 is 1.31 bits per heavy atom. The van der Waals surface area contributed by atoms with Crippen LogP contribution in [-0.4, -0.2) is 18.5 Å². The van der Waals surface area contributed by atoms with E-state index in [1.165, 1.54) is 12.1 Å². The smallest absolute Gasteiger partial charge is 0.194 e. The molecule has 86 valence electrons. The summed E-state index contributed by atoms with van der Waals surface area (Å²) in [6.07, 6.45) is 1.75. The van der Waals surface area contributed by atoms with Crippen molar-refractivity contribution in [3.05, 3.63) is 35.4 Å². The van der Waals surface area contributed by atoms with Crippen LogP contribution in [0.4, 0.5) is 8.78 Å². The summed E-state index contributed by atoms with van der Waals surface area (Å²) in [5, 5.41) is 0. The molecule has 0 spiro atoms. The topological polar surface area (TPSA) is 26.3 Å². The van der Waals surface area contributed by atoms with Gasteiger partial charge in [-0.1, -0.05) is 6.07 Å². The van der Waals surface area contributed by atoms with Gasteiger partial charge in [0.2, 0.25) is 0 Å². The van der Waals surface area contributed by atoms with Gasteiger partial charge in [0.05, 0.1) is 5.56 Å². The van der Waals surface area contributed by atoms with Gasteiger partial charge < -0.3 is 4.74 Å². The second-order valence-electron chi connectivity index (χ2n) is 3.82. The van der Waals surface area contributed by atoms with E-state index in [1.807, 2.05) is 0 Å². The highest BCUT2D eigenvalue weighted by atomic mass is 19.2. The van der Waals surface area contributed by atoms with E-state index >= 15 is 0 Å². The van der Waals surface area contributed by atoms with Crippen LogP contribution in [0.1, 0.15) is 29.6 Å². The number of Topliss-reactive ketones (excluding diaryl/α,β-unsaturated/α-hetero) is 1. The molecule has 0 saturated carbocycles. The average Bonchev–Trinajstić information content (AvgIpc) is 2.33. The van der Waals surface area contributed by atoms with Gasteiger partial charge in [-0.2, -0.15) is 0 Å². The van der Waals surface area contributed by atoms with Crippen LogP contribution in [0.2, 0.25) is 0 Å². The van der Waals surface area contributed by atoms with E-state index < -0.39 is 23.5 Å². The van der Waals surface area contributed by atoms with Gasteiger partial charge in [-0.3, -0.25) is 4.79 Å². The summed E-state index contributed by atoms with van der Waals surface area (Å²) >= 11 is 0. The molecule has 16 heavy (non-hydrogen) atoms. The van der Waals surface area contributed by atoms with E-state index in [9.17, 15) is 13.6 Å². The molecule has 1 heterocycles. The first-order chi connectivity index (χ1) is 7.70. The van der Waals surface area contributed by atoms with Gasteiger partial charge in [0.25, 0.3) is 0 Å². The molecule has 1 aliphatic rings. The van der Waals surface area contributed by atoms with Gasteiger partial charge in [0, 0.05) is 6.61 Å². The summed E-state index contributed by atoms with van der Waals surface area (Å²) in [5.74, 6) is -2.54. The predicted molar refractivity (Wildman–Crippen MR) is 54.3 cm³/mol. The highest BCUT2D eigenvalue weighted by Crippen LogP contribution is 2.20. The Morgan fingerprint density at radius 3 is 2.81 bits per heavy atom. The second-order valence-corrected chi connectivity index (χ2v) is 3.82. The van der Waals surface area contributed by atoms with Crippen molar-refractivity contribution in [1.29, 1.82) is 0 Å². The van der Waals surface area contributed by atoms with Gasteiger partial charge in [-0.05, 0) is 31.4 Å². The number of hydrogen-bond donors (Lipinski definition) is 0. The maximum absolute atomic E-state index is 13.4. The Balaban J connectivity index is 2.22. The number of rotatable bonds is 2. The second kappa shape index (κ2) is 4.70. The summed E-state index contributed by atoms with van der Waals surface area (Å²) in [6, 6.07) is 3.61. The molecule has 1 aromatic rings. The molecule has 1 saturated heterocycles. The fourth-order valence-corrected chi connectivity index (χ4v) is 1.82. The minimum Gasteiger partial charge on any atom is -0.370 e. The molecule has 1 aromatic carbocycles. The first-order valence-electron chi connectivity index (χ1n) is 5.30. The SMILES string of the molecule is O=C(c1cccc(F)c1F)C1CCCCO1. The number of carbonyl (C=O) groups excluding carboxylic acids is 1. The van der Waals surface area contributed by atoms with Crippen LogP contribution in [0.15, 0.2) is 18.2 Å². The molecule has 2 nitrogen and oxygen atoms in total. The van der Waals surface area contributed by atoms with Crippen LogP contribution in [-0.2, 0) is 4.74 Å². The van der Waals surface area contributed by atoms with Crippen molar-refractivity contribution in [3.63, 3.8) is 0 Å². The molecular formula is C12H12F2O2. The van der Waals surface area contributed by atoms with Gasteiger partial charge >= 0.3 is 0 Å². The van der Waals surface area contributed by atoms with Crippen LogP contribution in [0.3, 0.4) is 0 Å². The zero-order valence-corrected chi connectivity index (χ0v) is 8.71. The Kier molecular flexibility index (Phi) is 3.29. The maximum atomic E-state index is 13.4. The van der Waals surface area contributed by atoms with E-state index in [1.54, 1.807) is 0 Å². The van der Waals surface area contributed by atoms with E-state index in [0.29, 0.717) is 13.0 Å². The summed E-state index contributed by atoms with van der Waals surface area (Å²) in [6.45, 7) is 0.507. The molecule has 0 N–H and O–H groups in total. The van der Waals surface area contributed by atoms with Crippen molar-refractivity contribution >= 4 is 5.78 Å². The van der Waals surface area contributed by atoms with Crippen LogP contribution >= 0.6 is 0 Å². The van der Waals surface area contributed by atoms with Gasteiger partial charge in [0.1, 0.15) is 6.10 Å². The number of halogens is 2. The van der Waals surface area contributed by atoms with E-state index in [-0.39, 0.29) is 5.56 Å². The molecule has 1 unspecified atom stereocenters. The Labute approximate surface area is 92.2 Å². The summed E-state index contributed by atoms with van der Waals surface area (Å²) in [7, 11) is 0. The largest absolute Gasteiger partial charge is 0.370 e. The lowest BCUT2D eigenvalue weighted by Gasteiger charge is -2.21. The zero-order chi connectivity index (χ0) is 11.5. The third-order valence-corrected chi connectivity index (χ3v) is 2.69. The number of ether oxygens (including phenoxy) is 1. The molecule has 1 atom stereocenters. The van der Waals surface area contributed by atoms with Crippen LogP contribution < -0.4 is 0 Å². The normalized spacial score (nSPS) is 20.8. The quantitative estimate of drug-likeness (QED) is 0.725. The molecule has 0 aliphatic carbocycles. The molecular weight excluding hydrogens is 214 g/mol. The van der Waals surface area contributed by atoms with Gasteiger partial charge in [-0.25, -0.2) is 8.78 Å². The average molecular weight is 226 g/mol. The third-order valence-electron chi connectivity index (χ3n) is 2.69. The zero-order valence-electron chi connectivity index (χ0n) is 8.71. The highest BCUT2D eigenvalue weighted by molar-refractivity contribution is 5.99. The fraction of sp³-hybridized carbons (Fsp3) is 0.417. The van der Waals surface area contributed by atoms with Gasteiger partial charge in [0.15, 0.2) is 17.4 Å². The first-order valence-corrected chi connectivity index (χ1v) is 5.30. The summed E-state index contributed by atoms with van der Waals surface area (Å²) < 4.78 is 31.5. The Bertz CT molecular complexity index is 398. The lowest BCUT2D eigenvalue weighted by molar-refractivity contribution is 0.0183. The van der Waals surface area contributed by atoms with Crippen molar-refractivity contribution < 1.29 is 18.3 Å². The first kappa shape index (κ1) is 11.2. The molecule has 1 fully saturated rings. The van der Waals surface area contributed by atoms with E-state index in [4.69, 9.17) is 4.74 Å². The minimum absolute atomic E-state index is 0.216. The van der Waals surface area contributed by atoms with Gasteiger partial charge in [-0.15, -0.1) is 0 Å². The lowest BCUT2D eigenvalue weighted by atomic mass is 9.99. The standard InChI is InChI=1S/C12H12F2O2/c13-9-5-3-4-8(11(9)14)12(15)10-6-1-2-7-16-10/h3-5,10H,1-2,6-7H2. The lowest BCUT2D eigenvalue weighted by Crippen LogP contribution is -2.29. The molecule has 2 rings (SSSR count). The predicted octanol–water partition coefficient (Wildman–Crippen LogP) is 2.72. The number of benzene rings is 1. The number of hydrogen-bond acceptors (Lipinski definition) is 2. The molecule has 0 bridgehead atoms. The van der Waals surface area contributed by atoms with Crippen molar-refractivity contribution in [3.8, 4) is 0 Å². The number of carbonyl (C=O) groups is 1. The maximum Gasteiger partial charge on any atom is 0.194 e. The number of ketones is 1. The summed E-state index contributed by atoms with van der Waals surface area (Å²) in [4.78, 5) is 11.8. The summed E-state index contributed by atoms with van der Waals surface area (Å²) in [5.41, 5.74) is -0.216. The van der Waals surface area contributed by atoms with Crippen molar-refractivity contribution in [2.75, 3.05) is 6.61 Å². The molecule has 0 radical (unpaired) electrons. The van der Waals surface area contributed by atoms with Crippen LogP contribution in [0, 0.1) is 11.6 Å². The third kappa shape index (κ3) is 2.11. The highest BCUT2D eigenvalue weighted by Gasteiger charge is 2.26. The minimum atomic E-state index is -1.08. The fourth-order valence-electron chi connectivity index (χ4n) is 1.82. The Morgan fingerprint density at radius 2 is 2.12 bits per heavy atom. The van der Waals surface area contributed by atoms with Crippen molar-refractivity contribution in [2.45, 2.75) is 25.4 Å². The molecule has 0 aromatic heterocycles. The van der Waals surface area contributed by atoms with Crippen LogP contribution in [0.25, 0.3) is 0 Å². The monoisotopic (exact) mass is 226 g/mol. The van der Waals surface area contributed by atoms with E-state index in [2.05, 4.69) is 0 Å². The molecule has 0 amide bonds. The van der Waals surface area contributed by atoms with Crippen molar-refractivity contribution in [1.82, 2.24) is 0 Å². The van der Waals surface area contributed by atoms with Crippen molar-refractivity contribution in [2.24, 2.45) is 0 Å². The van der Waals surface area contributed by atoms with E-state index in [0.717, 1.165) is 18.9 Å².